The molecular formula is C10H18N2O. The lowest BCUT2D eigenvalue weighted by Gasteiger charge is -2.27. The van der Waals surface area contributed by atoms with Crippen LogP contribution in [0, 0.1) is 5.92 Å². The normalized spacial score (nSPS) is 34.2. The van der Waals surface area contributed by atoms with Crippen LogP contribution in [0.4, 0.5) is 0 Å². The highest BCUT2D eigenvalue weighted by molar-refractivity contribution is 5.79. The van der Waals surface area contributed by atoms with Gasteiger partial charge in [0.25, 0.3) is 0 Å². The van der Waals surface area contributed by atoms with Gasteiger partial charge < -0.3 is 11.1 Å². The summed E-state index contributed by atoms with van der Waals surface area (Å²) < 4.78 is 0. The minimum atomic E-state index is 0.198. The van der Waals surface area contributed by atoms with Crippen LogP contribution in [0.5, 0.6) is 0 Å². The number of carbonyl (C=O) groups is 1. The molecule has 2 rings (SSSR count). The lowest BCUT2D eigenvalue weighted by Crippen LogP contribution is -2.47. The van der Waals surface area contributed by atoms with Crippen LogP contribution >= 0.6 is 0 Å². The maximum atomic E-state index is 11.6. The van der Waals surface area contributed by atoms with E-state index in [1.165, 1.54) is 6.42 Å². The molecule has 3 heteroatoms. The van der Waals surface area contributed by atoms with E-state index >= 15 is 0 Å². The van der Waals surface area contributed by atoms with E-state index in [0.29, 0.717) is 5.92 Å². The van der Waals surface area contributed by atoms with E-state index in [-0.39, 0.29) is 18.0 Å². The van der Waals surface area contributed by atoms with E-state index in [2.05, 4.69) is 5.32 Å². The molecule has 0 bridgehead atoms. The summed E-state index contributed by atoms with van der Waals surface area (Å²) in [5.41, 5.74) is 5.87. The molecule has 0 aromatic carbocycles. The summed E-state index contributed by atoms with van der Waals surface area (Å²) in [5, 5.41) is 3.07. The number of hydrogen-bond donors (Lipinski definition) is 2. The number of nitrogens with two attached hydrogens (primary N) is 1. The van der Waals surface area contributed by atoms with Crippen molar-refractivity contribution in [1.29, 1.82) is 0 Å². The molecule has 2 aliphatic carbocycles. The maximum Gasteiger partial charge on any atom is 0.223 e. The molecule has 2 fully saturated rings. The van der Waals surface area contributed by atoms with Crippen molar-refractivity contribution < 1.29 is 4.79 Å². The van der Waals surface area contributed by atoms with Gasteiger partial charge in [-0.1, -0.05) is 6.42 Å². The molecule has 0 saturated heterocycles. The number of amides is 1. The van der Waals surface area contributed by atoms with Gasteiger partial charge >= 0.3 is 0 Å². The SMILES string of the molecule is NC1CCCC1NC(=O)C1CCC1. The molecule has 3 nitrogen and oxygen atoms in total. The molecule has 0 radical (unpaired) electrons. The fraction of sp³-hybridized carbons (Fsp3) is 0.900. The van der Waals surface area contributed by atoms with Gasteiger partial charge in [-0.25, -0.2) is 0 Å². The van der Waals surface area contributed by atoms with Crippen molar-refractivity contribution in [3.63, 3.8) is 0 Å². The van der Waals surface area contributed by atoms with Crippen molar-refractivity contribution in [2.45, 2.75) is 50.6 Å². The highest BCUT2D eigenvalue weighted by atomic mass is 16.2. The van der Waals surface area contributed by atoms with Gasteiger partial charge in [-0.3, -0.25) is 4.79 Å². The Morgan fingerprint density at radius 1 is 1.15 bits per heavy atom. The highest BCUT2D eigenvalue weighted by Crippen LogP contribution is 2.27. The fourth-order valence-electron chi connectivity index (χ4n) is 2.14. The second kappa shape index (κ2) is 3.66. The number of hydrogen-bond acceptors (Lipinski definition) is 2. The molecule has 1 amide bonds. The molecule has 0 spiro atoms. The van der Waals surface area contributed by atoms with Crippen LogP contribution < -0.4 is 11.1 Å². The van der Waals surface area contributed by atoms with E-state index < -0.39 is 0 Å². The summed E-state index contributed by atoms with van der Waals surface area (Å²) in [7, 11) is 0. The van der Waals surface area contributed by atoms with Gasteiger partial charge in [0.05, 0.1) is 0 Å². The molecule has 74 valence electrons. The van der Waals surface area contributed by atoms with Gasteiger partial charge in [0.15, 0.2) is 0 Å². The molecule has 0 aliphatic heterocycles. The van der Waals surface area contributed by atoms with Crippen LogP contribution in [0.3, 0.4) is 0 Å². The van der Waals surface area contributed by atoms with Crippen LogP contribution in [0.1, 0.15) is 38.5 Å². The van der Waals surface area contributed by atoms with Crippen molar-refractivity contribution in [2.24, 2.45) is 11.7 Å². The van der Waals surface area contributed by atoms with E-state index in [0.717, 1.165) is 32.1 Å². The summed E-state index contributed by atoms with van der Waals surface area (Å²) in [4.78, 5) is 11.6. The average Bonchev–Trinajstić information content (AvgIpc) is 2.32. The fourth-order valence-corrected chi connectivity index (χ4v) is 2.14. The third-order valence-corrected chi connectivity index (χ3v) is 3.37. The summed E-state index contributed by atoms with van der Waals surface area (Å²) in [6.07, 6.45) is 6.67. The first-order chi connectivity index (χ1) is 6.27. The second-order valence-electron chi connectivity index (χ2n) is 4.34. The first-order valence-electron chi connectivity index (χ1n) is 5.33. The molecule has 2 unspecified atom stereocenters. The quantitative estimate of drug-likeness (QED) is 0.663. The molecule has 2 saturated carbocycles. The van der Waals surface area contributed by atoms with Crippen molar-refractivity contribution in [2.75, 3.05) is 0 Å². The summed E-state index contributed by atoms with van der Waals surface area (Å²) in [6, 6.07) is 0.456. The van der Waals surface area contributed by atoms with Crippen LogP contribution in [0.15, 0.2) is 0 Å². The van der Waals surface area contributed by atoms with Gasteiger partial charge in [0.1, 0.15) is 0 Å². The smallest absolute Gasteiger partial charge is 0.223 e. The molecule has 0 aromatic heterocycles. The first kappa shape index (κ1) is 9.00. The van der Waals surface area contributed by atoms with Crippen molar-refractivity contribution in [3.8, 4) is 0 Å². The monoisotopic (exact) mass is 182 g/mol. The number of nitrogens with one attached hydrogen (secondary N) is 1. The van der Waals surface area contributed by atoms with Gasteiger partial charge in [0.2, 0.25) is 5.91 Å². The van der Waals surface area contributed by atoms with Gasteiger partial charge in [-0.2, -0.15) is 0 Å². The van der Waals surface area contributed by atoms with Gasteiger partial charge in [-0.05, 0) is 32.1 Å². The Balaban J connectivity index is 1.79. The van der Waals surface area contributed by atoms with Crippen molar-refractivity contribution in [1.82, 2.24) is 5.32 Å². The topological polar surface area (TPSA) is 55.1 Å². The molecule has 13 heavy (non-hydrogen) atoms. The minimum Gasteiger partial charge on any atom is -0.352 e. The molecule has 0 aromatic rings. The van der Waals surface area contributed by atoms with Gasteiger partial charge in [0, 0.05) is 18.0 Å². The Morgan fingerprint density at radius 2 is 1.85 bits per heavy atom. The zero-order valence-corrected chi connectivity index (χ0v) is 7.96. The zero-order chi connectivity index (χ0) is 9.26. The predicted octanol–water partition coefficient (Wildman–Crippen LogP) is 0.782. The third-order valence-electron chi connectivity index (χ3n) is 3.37. The summed E-state index contributed by atoms with van der Waals surface area (Å²) >= 11 is 0. The summed E-state index contributed by atoms with van der Waals surface area (Å²) in [6.45, 7) is 0. The molecular weight excluding hydrogens is 164 g/mol. The second-order valence-corrected chi connectivity index (χ2v) is 4.34. The molecule has 2 atom stereocenters. The van der Waals surface area contributed by atoms with E-state index in [1.807, 2.05) is 0 Å². The lowest BCUT2D eigenvalue weighted by molar-refractivity contribution is -0.128. The molecule has 0 heterocycles. The zero-order valence-electron chi connectivity index (χ0n) is 7.96. The largest absolute Gasteiger partial charge is 0.352 e. The van der Waals surface area contributed by atoms with Crippen LogP contribution in [-0.4, -0.2) is 18.0 Å². The number of rotatable bonds is 2. The molecule has 2 aliphatic rings. The Labute approximate surface area is 79.1 Å². The predicted molar refractivity (Wildman–Crippen MR) is 51.1 cm³/mol. The Kier molecular flexibility index (Phi) is 2.54. The van der Waals surface area contributed by atoms with E-state index in [4.69, 9.17) is 5.73 Å². The maximum absolute atomic E-state index is 11.6. The molecule has 3 N–H and O–H groups in total. The average molecular weight is 182 g/mol. The first-order valence-corrected chi connectivity index (χ1v) is 5.33. The van der Waals surface area contributed by atoms with Crippen molar-refractivity contribution in [3.05, 3.63) is 0 Å². The Morgan fingerprint density at radius 3 is 2.31 bits per heavy atom. The van der Waals surface area contributed by atoms with Gasteiger partial charge in [-0.15, -0.1) is 0 Å². The third kappa shape index (κ3) is 1.85. The van der Waals surface area contributed by atoms with Crippen LogP contribution in [0.2, 0.25) is 0 Å². The van der Waals surface area contributed by atoms with Crippen molar-refractivity contribution >= 4 is 5.91 Å². The standard InChI is InChI=1S/C10H18N2O/c11-8-5-2-6-9(8)12-10(13)7-3-1-4-7/h7-9H,1-6,11H2,(H,12,13). The van der Waals surface area contributed by atoms with E-state index in [1.54, 1.807) is 0 Å². The Bertz CT molecular complexity index is 201. The van der Waals surface area contributed by atoms with Crippen LogP contribution in [-0.2, 0) is 4.79 Å². The minimum absolute atomic E-state index is 0.198. The highest BCUT2D eigenvalue weighted by Gasteiger charge is 2.30. The number of carbonyl (C=O) groups excluding carboxylic acids is 1. The lowest BCUT2D eigenvalue weighted by atomic mass is 9.84. The summed E-state index contributed by atoms with van der Waals surface area (Å²) in [5.74, 6) is 0.543. The van der Waals surface area contributed by atoms with E-state index in [9.17, 15) is 4.79 Å². The van der Waals surface area contributed by atoms with Crippen LogP contribution in [0.25, 0.3) is 0 Å². The Hall–Kier alpha value is -0.570.